The molecule has 0 heterocycles. The van der Waals surface area contributed by atoms with Crippen LogP contribution < -0.4 is 5.32 Å². The molecule has 28 heavy (non-hydrogen) atoms. The van der Waals surface area contributed by atoms with Crippen molar-refractivity contribution >= 4 is 28.1 Å². The number of hydrogen-bond donors (Lipinski definition) is 2. The molecule has 2 N–H and O–H groups in total. The Morgan fingerprint density at radius 3 is 2.32 bits per heavy atom. The van der Waals surface area contributed by atoms with Gasteiger partial charge in [0.2, 0.25) is 6.41 Å². The van der Waals surface area contributed by atoms with Crippen molar-refractivity contribution in [2.45, 2.75) is 18.0 Å². The molecule has 1 amide bonds. The van der Waals surface area contributed by atoms with Crippen molar-refractivity contribution in [3.63, 3.8) is 0 Å². The fourth-order valence-electron chi connectivity index (χ4n) is 2.47. The molecule has 0 atom stereocenters. The number of nitro groups is 1. The summed E-state index contributed by atoms with van der Waals surface area (Å²) in [7, 11) is -4.44. The number of carbonyl (C=O) groups excluding carboxylic acids is 1. The Bertz CT molecular complexity index is 975. The Kier molecular flexibility index (Phi) is 6.79. The van der Waals surface area contributed by atoms with Crippen LogP contribution in [-0.2, 0) is 32.7 Å². The zero-order chi connectivity index (χ0) is 20.7. The van der Waals surface area contributed by atoms with E-state index in [1.807, 2.05) is 0 Å². The van der Waals surface area contributed by atoms with Gasteiger partial charge in [-0.05, 0) is 17.2 Å². The minimum Gasteiger partial charge on any atom is -0.480 e. The first-order chi connectivity index (χ1) is 13.3. The van der Waals surface area contributed by atoms with Crippen LogP contribution in [0.3, 0.4) is 0 Å². The summed E-state index contributed by atoms with van der Waals surface area (Å²) in [5.74, 6) is -1.39. The lowest BCUT2D eigenvalue weighted by Gasteiger charge is -2.20. The van der Waals surface area contributed by atoms with Gasteiger partial charge in [0.1, 0.15) is 6.54 Å². The number of sulfonamides is 1. The van der Waals surface area contributed by atoms with E-state index in [0.717, 1.165) is 17.7 Å². The van der Waals surface area contributed by atoms with Crippen molar-refractivity contribution < 1.29 is 28.0 Å². The van der Waals surface area contributed by atoms with Crippen LogP contribution in [0.15, 0.2) is 53.4 Å². The number of aliphatic carboxylic acids is 1. The third kappa shape index (κ3) is 5.11. The van der Waals surface area contributed by atoms with Gasteiger partial charge in [0.15, 0.2) is 4.90 Å². The minimum absolute atomic E-state index is 0.289. The van der Waals surface area contributed by atoms with Gasteiger partial charge in [-0.15, -0.1) is 0 Å². The average Bonchev–Trinajstić information content (AvgIpc) is 2.66. The van der Waals surface area contributed by atoms with E-state index in [2.05, 4.69) is 5.32 Å². The predicted molar refractivity (Wildman–Crippen MR) is 97.7 cm³/mol. The summed E-state index contributed by atoms with van der Waals surface area (Å²) in [6.07, 6.45) is 0.543. The van der Waals surface area contributed by atoms with Gasteiger partial charge in [-0.3, -0.25) is 19.7 Å². The topological polar surface area (TPSA) is 147 Å². The molecular formula is C17H17N3O7S. The first kappa shape index (κ1) is 21.0. The molecule has 0 aliphatic rings. The lowest BCUT2D eigenvalue weighted by molar-refractivity contribution is -0.387. The van der Waals surface area contributed by atoms with E-state index in [-0.39, 0.29) is 13.1 Å². The maximum atomic E-state index is 12.9. The average molecular weight is 407 g/mol. The van der Waals surface area contributed by atoms with E-state index in [1.54, 1.807) is 24.3 Å². The van der Waals surface area contributed by atoms with E-state index < -0.39 is 38.0 Å². The number of nitro benzene ring substituents is 1. The second kappa shape index (κ2) is 9.06. The number of carboxylic acid groups (broad SMARTS) is 1. The summed E-state index contributed by atoms with van der Waals surface area (Å²) in [5.41, 5.74) is 0.619. The van der Waals surface area contributed by atoms with Crippen LogP contribution in [-0.4, -0.2) is 41.7 Å². The second-order valence-electron chi connectivity index (χ2n) is 5.71. The maximum Gasteiger partial charge on any atom is 0.318 e. The Morgan fingerprint density at radius 2 is 1.75 bits per heavy atom. The third-order valence-electron chi connectivity index (χ3n) is 3.76. The molecular weight excluding hydrogens is 390 g/mol. The molecule has 0 aromatic heterocycles. The number of nitrogens with zero attached hydrogens (tertiary/aromatic N) is 2. The normalized spacial score (nSPS) is 11.2. The number of nitrogens with one attached hydrogen (secondary N) is 1. The molecule has 0 radical (unpaired) electrons. The van der Waals surface area contributed by atoms with Crippen LogP contribution in [0.25, 0.3) is 0 Å². The molecule has 0 spiro atoms. The molecule has 2 aromatic carbocycles. The first-order valence-electron chi connectivity index (χ1n) is 7.96. The van der Waals surface area contributed by atoms with Gasteiger partial charge in [0.05, 0.1) is 4.92 Å². The largest absolute Gasteiger partial charge is 0.480 e. The van der Waals surface area contributed by atoms with Crippen molar-refractivity contribution in [2.75, 3.05) is 6.54 Å². The van der Waals surface area contributed by atoms with Gasteiger partial charge in [-0.2, -0.15) is 4.31 Å². The number of para-hydroxylation sites is 1. The number of benzene rings is 2. The highest BCUT2D eigenvalue weighted by Gasteiger charge is 2.32. The minimum atomic E-state index is -4.44. The standard InChI is InChI=1S/C17H17N3O7S/c21-12-18-9-13-5-7-14(8-6-13)10-19(11-17(22)23)28(26,27)16-4-2-1-3-15(16)20(24)25/h1-8,12H,9-11H2,(H,18,21)(H,22,23). The third-order valence-corrected chi connectivity index (χ3v) is 5.60. The molecule has 0 saturated carbocycles. The van der Waals surface area contributed by atoms with Crippen molar-refractivity contribution in [2.24, 2.45) is 0 Å². The molecule has 0 saturated heterocycles. The first-order valence-corrected chi connectivity index (χ1v) is 9.40. The van der Waals surface area contributed by atoms with Crippen LogP contribution in [0.4, 0.5) is 5.69 Å². The molecule has 2 aromatic rings. The van der Waals surface area contributed by atoms with E-state index in [0.29, 0.717) is 16.3 Å². The van der Waals surface area contributed by atoms with Crippen LogP contribution >= 0.6 is 0 Å². The van der Waals surface area contributed by atoms with Crippen LogP contribution in [0.2, 0.25) is 0 Å². The second-order valence-corrected chi connectivity index (χ2v) is 7.61. The zero-order valence-electron chi connectivity index (χ0n) is 14.5. The highest BCUT2D eigenvalue weighted by atomic mass is 32.2. The van der Waals surface area contributed by atoms with Crippen LogP contribution in [0, 0.1) is 10.1 Å². The zero-order valence-corrected chi connectivity index (χ0v) is 15.3. The van der Waals surface area contributed by atoms with Crippen LogP contribution in [0.1, 0.15) is 11.1 Å². The van der Waals surface area contributed by atoms with Gasteiger partial charge in [-0.1, -0.05) is 36.4 Å². The van der Waals surface area contributed by atoms with Crippen molar-refractivity contribution in [3.05, 3.63) is 69.8 Å². The lowest BCUT2D eigenvalue weighted by Crippen LogP contribution is -2.35. The molecule has 148 valence electrons. The number of amides is 1. The quantitative estimate of drug-likeness (QED) is 0.341. The Hall–Kier alpha value is -3.31. The van der Waals surface area contributed by atoms with Crippen LogP contribution in [0.5, 0.6) is 0 Å². The monoisotopic (exact) mass is 407 g/mol. The summed E-state index contributed by atoms with van der Waals surface area (Å²) in [4.78, 5) is 31.3. The van der Waals surface area contributed by atoms with Gasteiger partial charge < -0.3 is 10.4 Å². The Balaban J connectivity index is 2.36. The molecule has 10 nitrogen and oxygen atoms in total. The van der Waals surface area contributed by atoms with Crippen molar-refractivity contribution in [3.8, 4) is 0 Å². The van der Waals surface area contributed by atoms with E-state index in [1.165, 1.54) is 12.1 Å². The van der Waals surface area contributed by atoms with E-state index in [9.17, 15) is 28.1 Å². The highest BCUT2D eigenvalue weighted by molar-refractivity contribution is 7.89. The molecule has 0 bridgehead atoms. The molecule has 0 aliphatic carbocycles. The van der Waals surface area contributed by atoms with Crippen molar-refractivity contribution in [1.82, 2.24) is 9.62 Å². The van der Waals surface area contributed by atoms with Gasteiger partial charge in [0.25, 0.3) is 15.7 Å². The number of rotatable bonds is 10. The van der Waals surface area contributed by atoms with Gasteiger partial charge in [0, 0.05) is 19.2 Å². The molecule has 0 unspecified atom stereocenters. The fraction of sp³-hybridized carbons (Fsp3) is 0.176. The molecule has 11 heteroatoms. The van der Waals surface area contributed by atoms with E-state index >= 15 is 0 Å². The summed E-state index contributed by atoms with van der Waals surface area (Å²) in [6.45, 7) is -0.859. The summed E-state index contributed by atoms with van der Waals surface area (Å²) < 4.78 is 26.5. The number of carboxylic acids is 1. The predicted octanol–water partition coefficient (Wildman–Crippen LogP) is 1.12. The number of carbonyl (C=O) groups is 2. The Labute approximate surface area is 160 Å². The Morgan fingerprint density at radius 1 is 1.14 bits per heavy atom. The van der Waals surface area contributed by atoms with Gasteiger partial charge in [-0.25, -0.2) is 8.42 Å². The smallest absolute Gasteiger partial charge is 0.318 e. The van der Waals surface area contributed by atoms with E-state index in [4.69, 9.17) is 5.11 Å². The highest BCUT2D eigenvalue weighted by Crippen LogP contribution is 2.27. The number of hydrogen-bond acceptors (Lipinski definition) is 6. The lowest BCUT2D eigenvalue weighted by atomic mass is 10.1. The summed E-state index contributed by atoms with van der Waals surface area (Å²) in [5, 5.41) is 22.8. The SMILES string of the molecule is O=CNCc1ccc(CN(CC(=O)O)S(=O)(=O)c2ccccc2[N+](=O)[O-])cc1. The fourth-order valence-corrected chi connectivity index (χ4v) is 4.00. The molecule has 0 fully saturated rings. The van der Waals surface area contributed by atoms with Gasteiger partial charge >= 0.3 is 5.97 Å². The summed E-state index contributed by atoms with van der Waals surface area (Å²) >= 11 is 0. The molecule has 0 aliphatic heterocycles. The maximum absolute atomic E-state index is 12.9. The van der Waals surface area contributed by atoms with Crippen molar-refractivity contribution in [1.29, 1.82) is 0 Å². The molecule has 2 rings (SSSR count). The summed E-state index contributed by atoms with van der Waals surface area (Å²) in [6, 6.07) is 11.2.